The highest BCUT2D eigenvalue weighted by Crippen LogP contribution is 2.31. The molecule has 3 rings (SSSR count). The molecule has 1 aromatic carbocycles. The summed E-state index contributed by atoms with van der Waals surface area (Å²) in [6, 6.07) is 12.3. The highest BCUT2D eigenvalue weighted by atomic mass is 32.1. The predicted octanol–water partition coefficient (Wildman–Crippen LogP) is 3.45. The van der Waals surface area contributed by atoms with E-state index in [-0.39, 0.29) is 23.2 Å². The van der Waals surface area contributed by atoms with E-state index in [2.05, 4.69) is 21.0 Å². The fraction of sp³-hybridized carbons (Fsp3) is 0.111. The second kappa shape index (κ2) is 7.29. The molecule has 2 N–H and O–H groups in total. The molecule has 0 amide bonds. The van der Waals surface area contributed by atoms with Crippen LogP contribution in [0.3, 0.4) is 0 Å². The van der Waals surface area contributed by atoms with E-state index in [1.54, 1.807) is 43.3 Å². The number of nitriles is 1. The van der Waals surface area contributed by atoms with Gasteiger partial charge in [-0.1, -0.05) is 18.2 Å². The van der Waals surface area contributed by atoms with Crippen LogP contribution in [0.1, 0.15) is 10.7 Å². The molecule has 26 heavy (non-hydrogen) atoms. The zero-order chi connectivity index (χ0) is 18.7. The number of benzene rings is 1. The molecule has 0 unspecified atom stereocenters. The van der Waals surface area contributed by atoms with Crippen molar-refractivity contribution < 1.29 is 4.39 Å². The normalized spacial score (nSPS) is 11.2. The summed E-state index contributed by atoms with van der Waals surface area (Å²) in [7, 11) is 3.54. The second-order valence-electron chi connectivity index (χ2n) is 5.56. The maximum Gasteiger partial charge on any atom is 0.230 e. The minimum Gasteiger partial charge on any atom is -0.368 e. The van der Waals surface area contributed by atoms with Gasteiger partial charge in [0.15, 0.2) is 5.82 Å². The Bertz CT molecular complexity index is 1020. The van der Waals surface area contributed by atoms with Crippen LogP contribution in [-0.4, -0.2) is 29.0 Å². The Kier molecular flexibility index (Phi) is 4.91. The van der Waals surface area contributed by atoms with Crippen LogP contribution in [0.4, 0.5) is 16.3 Å². The molecular weight excluding hydrogens is 351 g/mol. The molecule has 0 atom stereocenters. The number of hydrogen-bond acceptors (Lipinski definition) is 7. The molecule has 0 aliphatic carbocycles. The number of hydrogen-bond donors (Lipinski definition) is 1. The van der Waals surface area contributed by atoms with Crippen LogP contribution in [0.25, 0.3) is 22.1 Å². The van der Waals surface area contributed by atoms with Crippen molar-refractivity contribution in [2.45, 2.75) is 0 Å². The summed E-state index contributed by atoms with van der Waals surface area (Å²) < 4.78 is 13.9. The molecule has 0 bridgehead atoms. The minimum absolute atomic E-state index is 0.0399. The molecule has 0 saturated heterocycles. The standard InChI is InChI=1S/C18H15FN6S/c1-25(2)18-23-16(22-17(21)24-18)11(10-20)9-12-7-8-15(26-12)13-5-3-4-6-14(13)19/h3-9H,1-2H3,(H2,21,22,23,24)/b11-9+. The summed E-state index contributed by atoms with van der Waals surface area (Å²) in [5.74, 6) is 0.320. The van der Waals surface area contributed by atoms with E-state index in [0.29, 0.717) is 11.5 Å². The monoisotopic (exact) mass is 366 g/mol. The topological polar surface area (TPSA) is 91.7 Å². The highest BCUT2D eigenvalue weighted by molar-refractivity contribution is 7.16. The largest absolute Gasteiger partial charge is 0.368 e. The van der Waals surface area contributed by atoms with Crippen LogP contribution < -0.4 is 10.6 Å². The minimum atomic E-state index is -0.286. The molecule has 0 aliphatic heterocycles. The average Bonchev–Trinajstić information content (AvgIpc) is 3.07. The van der Waals surface area contributed by atoms with Crippen molar-refractivity contribution in [1.82, 2.24) is 15.0 Å². The Morgan fingerprint density at radius 1 is 1.19 bits per heavy atom. The van der Waals surface area contributed by atoms with Gasteiger partial charge in [-0.3, -0.25) is 0 Å². The van der Waals surface area contributed by atoms with Gasteiger partial charge in [0.1, 0.15) is 11.9 Å². The van der Waals surface area contributed by atoms with Crippen LogP contribution in [0.5, 0.6) is 0 Å². The van der Waals surface area contributed by atoms with E-state index in [1.165, 1.54) is 17.4 Å². The molecule has 2 aromatic heterocycles. The van der Waals surface area contributed by atoms with Crippen molar-refractivity contribution in [3.8, 4) is 16.5 Å². The van der Waals surface area contributed by atoms with Gasteiger partial charge in [-0.15, -0.1) is 11.3 Å². The summed E-state index contributed by atoms with van der Waals surface area (Å²) in [5, 5.41) is 9.50. The summed E-state index contributed by atoms with van der Waals surface area (Å²) in [6.07, 6.45) is 1.66. The molecule has 6 nitrogen and oxygen atoms in total. The molecule has 3 aromatic rings. The number of rotatable bonds is 4. The number of allylic oxidation sites excluding steroid dienone is 1. The first-order chi connectivity index (χ1) is 12.5. The van der Waals surface area contributed by atoms with Crippen molar-refractivity contribution >= 4 is 34.9 Å². The highest BCUT2D eigenvalue weighted by Gasteiger charge is 2.12. The molecular formula is C18H15FN6S. The molecule has 0 spiro atoms. The molecule has 0 radical (unpaired) electrons. The number of nitrogens with zero attached hydrogens (tertiary/aromatic N) is 5. The fourth-order valence-corrected chi connectivity index (χ4v) is 3.20. The van der Waals surface area contributed by atoms with E-state index in [4.69, 9.17) is 5.73 Å². The maximum absolute atomic E-state index is 13.9. The first kappa shape index (κ1) is 17.5. The van der Waals surface area contributed by atoms with Crippen LogP contribution in [-0.2, 0) is 0 Å². The average molecular weight is 366 g/mol. The van der Waals surface area contributed by atoms with Crippen molar-refractivity contribution in [3.05, 3.63) is 52.9 Å². The Morgan fingerprint density at radius 3 is 2.65 bits per heavy atom. The third-order valence-corrected chi connectivity index (χ3v) is 4.52. The van der Waals surface area contributed by atoms with Gasteiger partial charge in [0.2, 0.25) is 11.9 Å². The van der Waals surface area contributed by atoms with Gasteiger partial charge in [0.25, 0.3) is 0 Å². The smallest absolute Gasteiger partial charge is 0.230 e. The van der Waals surface area contributed by atoms with Crippen molar-refractivity contribution in [1.29, 1.82) is 5.26 Å². The van der Waals surface area contributed by atoms with Gasteiger partial charge in [-0.2, -0.15) is 20.2 Å². The van der Waals surface area contributed by atoms with E-state index < -0.39 is 0 Å². The summed E-state index contributed by atoms with van der Waals surface area (Å²) in [5.41, 5.74) is 6.49. The maximum atomic E-state index is 13.9. The Balaban J connectivity index is 1.99. The van der Waals surface area contributed by atoms with Gasteiger partial charge >= 0.3 is 0 Å². The van der Waals surface area contributed by atoms with E-state index in [1.807, 2.05) is 12.1 Å². The fourth-order valence-electron chi connectivity index (χ4n) is 2.23. The quantitative estimate of drug-likeness (QED) is 0.711. The van der Waals surface area contributed by atoms with Gasteiger partial charge in [0, 0.05) is 29.4 Å². The Labute approximate surface area is 154 Å². The molecule has 0 aliphatic rings. The van der Waals surface area contributed by atoms with E-state index >= 15 is 0 Å². The number of thiophene rings is 1. The van der Waals surface area contributed by atoms with E-state index in [0.717, 1.165) is 9.75 Å². The number of anilines is 2. The number of aromatic nitrogens is 3. The van der Waals surface area contributed by atoms with Gasteiger partial charge in [-0.05, 0) is 24.3 Å². The third-order valence-electron chi connectivity index (χ3n) is 3.45. The first-order valence-electron chi connectivity index (χ1n) is 7.63. The summed E-state index contributed by atoms with van der Waals surface area (Å²) in [4.78, 5) is 15.6. The van der Waals surface area contributed by atoms with Gasteiger partial charge in [-0.25, -0.2) is 4.39 Å². The number of nitrogen functional groups attached to an aromatic ring is 1. The molecule has 8 heteroatoms. The van der Waals surface area contributed by atoms with Crippen LogP contribution >= 0.6 is 11.3 Å². The zero-order valence-corrected chi connectivity index (χ0v) is 15.0. The Hall–Kier alpha value is -3.31. The molecule has 130 valence electrons. The molecule has 2 heterocycles. The van der Waals surface area contributed by atoms with Crippen molar-refractivity contribution in [2.75, 3.05) is 24.7 Å². The van der Waals surface area contributed by atoms with Crippen LogP contribution in [0.15, 0.2) is 36.4 Å². The Morgan fingerprint density at radius 2 is 1.96 bits per heavy atom. The second-order valence-corrected chi connectivity index (χ2v) is 6.68. The SMILES string of the molecule is CN(C)c1nc(N)nc(/C(C#N)=C/c2ccc(-c3ccccc3F)s2)n1. The first-order valence-corrected chi connectivity index (χ1v) is 8.45. The zero-order valence-electron chi connectivity index (χ0n) is 14.1. The van der Waals surface area contributed by atoms with Crippen molar-refractivity contribution in [2.24, 2.45) is 0 Å². The number of nitrogens with two attached hydrogens (primary N) is 1. The van der Waals surface area contributed by atoms with Crippen molar-refractivity contribution in [3.63, 3.8) is 0 Å². The molecule has 0 fully saturated rings. The lowest BCUT2D eigenvalue weighted by molar-refractivity contribution is 0.631. The summed E-state index contributed by atoms with van der Waals surface area (Å²) >= 11 is 1.37. The van der Waals surface area contributed by atoms with Crippen LogP contribution in [0, 0.1) is 17.1 Å². The predicted molar refractivity (Wildman–Crippen MR) is 102 cm³/mol. The third kappa shape index (κ3) is 3.68. The van der Waals surface area contributed by atoms with E-state index in [9.17, 15) is 9.65 Å². The lowest BCUT2D eigenvalue weighted by atomic mass is 10.2. The van der Waals surface area contributed by atoms with Gasteiger partial charge < -0.3 is 10.6 Å². The lowest BCUT2D eigenvalue weighted by Crippen LogP contribution is -2.15. The van der Waals surface area contributed by atoms with Crippen LogP contribution in [0.2, 0.25) is 0 Å². The van der Waals surface area contributed by atoms with Gasteiger partial charge in [0.05, 0.1) is 5.57 Å². The summed E-state index contributed by atoms with van der Waals surface area (Å²) in [6.45, 7) is 0. The lowest BCUT2D eigenvalue weighted by Gasteiger charge is -2.10. The molecule has 0 saturated carbocycles. The number of halogens is 1.